The lowest BCUT2D eigenvalue weighted by Gasteiger charge is -2.17. The van der Waals surface area contributed by atoms with Gasteiger partial charge in [0, 0.05) is 0 Å². The summed E-state index contributed by atoms with van der Waals surface area (Å²) < 4.78 is 48.4. The van der Waals surface area contributed by atoms with Crippen LogP contribution in [0.4, 0.5) is 0 Å². The van der Waals surface area contributed by atoms with Gasteiger partial charge in [0.1, 0.15) is 39.6 Å². The van der Waals surface area contributed by atoms with Crippen molar-refractivity contribution < 1.29 is 27.4 Å². The van der Waals surface area contributed by atoms with Crippen LogP contribution in [0, 0.1) is 102 Å². The fourth-order valence-corrected chi connectivity index (χ4v) is 3.85. The molecule has 0 aliphatic carbocycles. The average molecular weight is 620 g/mol. The molecule has 7 nitrogen and oxygen atoms in total. The molecule has 1 rings (SSSR count). The van der Waals surface area contributed by atoms with Crippen molar-refractivity contribution in [1.29, 1.82) is 0 Å². The zero-order valence-corrected chi connectivity index (χ0v) is 26.1. The molecule has 0 atom stereocenters. The molecule has 228 valence electrons. The Hall–Kier alpha value is -5.07. The van der Waals surface area contributed by atoms with E-state index in [1.807, 2.05) is 6.92 Å². The Morgan fingerprint density at radius 1 is 0.578 bits per heavy atom. The quantitative estimate of drug-likeness (QED) is 0.181. The molecule has 8 heteroatoms. The molecular weight excluding hydrogens is 586 g/mol. The first-order valence-corrected chi connectivity index (χ1v) is 14.9. The highest BCUT2D eigenvalue weighted by atomic mass is 32.2. The third kappa shape index (κ3) is 20.5. The van der Waals surface area contributed by atoms with E-state index in [9.17, 15) is 8.42 Å². The van der Waals surface area contributed by atoms with Gasteiger partial charge in [-0.25, -0.2) is 8.42 Å². The normalized spacial score (nSPS) is 8.93. The number of ether oxygens (including phenoxy) is 4. The summed E-state index contributed by atoms with van der Waals surface area (Å²) in [6, 6.07) is 6.54. The second kappa shape index (κ2) is 26.5. The van der Waals surface area contributed by atoms with Crippen LogP contribution in [-0.4, -0.2) is 78.7 Å². The van der Waals surface area contributed by atoms with E-state index in [1.54, 1.807) is 36.4 Å². The van der Waals surface area contributed by atoms with E-state index in [0.717, 1.165) is 9.87 Å². The first-order chi connectivity index (χ1) is 22.0. The molecule has 0 spiro atoms. The first kappa shape index (κ1) is 38.0. The second-order valence-electron chi connectivity index (χ2n) is 8.09. The molecule has 0 saturated heterocycles. The number of benzene rings is 1. The Bertz CT molecular complexity index is 1620. The van der Waals surface area contributed by atoms with E-state index in [0.29, 0.717) is 13.2 Å². The molecule has 45 heavy (non-hydrogen) atoms. The number of sulfonamides is 1. The molecule has 0 aromatic heterocycles. The molecule has 0 bridgehead atoms. The van der Waals surface area contributed by atoms with Crippen molar-refractivity contribution in [2.75, 3.05) is 65.9 Å². The molecule has 0 amide bonds. The van der Waals surface area contributed by atoms with Crippen LogP contribution in [0.3, 0.4) is 0 Å². The van der Waals surface area contributed by atoms with Gasteiger partial charge in [-0.3, -0.25) is 0 Å². The average Bonchev–Trinajstić information content (AvgIpc) is 3.03. The SMILES string of the molecule is C=CCOCC#CC#CCOCC#CC#CCN(CC#CC#CCOCC#CC#CCOCC=C)S(=O)(=O)c1ccc(C)cc1. The van der Waals surface area contributed by atoms with Crippen molar-refractivity contribution in [2.24, 2.45) is 0 Å². The molecule has 0 saturated carbocycles. The highest BCUT2D eigenvalue weighted by molar-refractivity contribution is 7.89. The zero-order chi connectivity index (χ0) is 32.7. The van der Waals surface area contributed by atoms with Gasteiger partial charge >= 0.3 is 0 Å². The van der Waals surface area contributed by atoms with Crippen LogP contribution in [0.5, 0.6) is 0 Å². The van der Waals surface area contributed by atoms with Gasteiger partial charge < -0.3 is 18.9 Å². The van der Waals surface area contributed by atoms with Gasteiger partial charge in [0.15, 0.2) is 0 Å². The highest BCUT2D eigenvalue weighted by Gasteiger charge is 2.22. The number of aryl methyl sites for hydroxylation is 1. The molecule has 0 aliphatic heterocycles. The van der Waals surface area contributed by atoms with E-state index in [1.165, 1.54) is 0 Å². The Morgan fingerprint density at radius 3 is 1.27 bits per heavy atom. The van der Waals surface area contributed by atoms with Crippen LogP contribution in [0.15, 0.2) is 54.5 Å². The van der Waals surface area contributed by atoms with E-state index in [-0.39, 0.29) is 57.6 Å². The maximum absolute atomic E-state index is 13.2. The Kier molecular flexibility index (Phi) is 22.4. The number of rotatable bonds is 14. The van der Waals surface area contributed by atoms with Crippen LogP contribution in [0.25, 0.3) is 0 Å². The number of hydrogen-bond acceptors (Lipinski definition) is 6. The fraction of sp³-hybridized carbons (Fsp3) is 0.297. The van der Waals surface area contributed by atoms with Gasteiger partial charge in [-0.05, 0) is 66.4 Å². The Labute approximate surface area is 268 Å². The van der Waals surface area contributed by atoms with Crippen molar-refractivity contribution in [1.82, 2.24) is 4.31 Å². The molecule has 0 unspecified atom stereocenters. The maximum Gasteiger partial charge on any atom is 0.244 e. The molecule has 0 fully saturated rings. The summed E-state index contributed by atoms with van der Waals surface area (Å²) >= 11 is 0. The molecule has 0 N–H and O–H groups in total. The first-order valence-electron chi connectivity index (χ1n) is 13.4. The van der Waals surface area contributed by atoms with Gasteiger partial charge in [-0.15, -0.1) is 13.2 Å². The monoisotopic (exact) mass is 619 g/mol. The van der Waals surface area contributed by atoms with E-state index < -0.39 is 10.0 Å². The maximum atomic E-state index is 13.2. The Balaban J connectivity index is 2.64. The van der Waals surface area contributed by atoms with Crippen LogP contribution in [-0.2, 0) is 29.0 Å². The molecular formula is C37H33NO6S. The Morgan fingerprint density at radius 2 is 0.911 bits per heavy atom. The minimum absolute atomic E-state index is 0.112. The minimum Gasteiger partial charge on any atom is -0.365 e. The fourth-order valence-electron chi connectivity index (χ4n) is 2.60. The third-order valence-electron chi connectivity index (χ3n) is 4.64. The summed E-state index contributed by atoms with van der Waals surface area (Å²) in [7, 11) is -3.85. The smallest absolute Gasteiger partial charge is 0.244 e. The molecule has 1 aromatic rings. The van der Waals surface area contributed by atoms with Gasteiger partial charge in [0.25, 0.3) is 0 Å². The zero-order valence-electron chi connectivity index (χ0n) is 25.3. The summed E-state index contributed by atoms with van der Waals surface area (Å²) in [5, 5.41) is 0. The van der Waals surface area contributed by atoms with E-state index in [4.69, 9.17) is 18.9 Å². The summed E-state index contributed by atoms with van der Waals surface area (Å²) in [6.45, 7) is 10.8. The number of hydrogen-bond donors (Lipinski definition) is 0. The summed E-state index contributed by atoms with van der Waals surface area (Å²) in [4.78, 5) is 0.140. The van der Waals surface area contributed by atoms with E-state index >= 15 is 0 Å². The predicted octanol–water partition coefficient (Wildman–Crippen LogP) is 2.45. The van der Waals surface area contributed by atoms with Crippen LogP contribution in [0.2, 0.25) is 0 Å². The molecule has 0 heterocycles. The minimum atomic E-state index is -3.85. The van der Waals surface area contributed by atoms with Crippen LogP contribution < -0.4 is 0 Å². The lowest BCUT2D eigenvalue weighted by atomic mass is 10.2. The standard InChI is InChI=1S/C37H33NO6S/c1-4-28-41-30-18-10-12-20-34-43-32-16-8-6-14-26-38(45(39,40)37-24-22-36(3)23-25-37)27-15-7-9-17-33-44-35-21-13-11-19-31-42-29-5-2/h4-5,22-25H,1-2,26-35H2,3H3. The van der Waals surface area contributed by atoms with Gasteiger partial charge in [-0.1, -0.05) is 77.2 Å². The van der Waals surface area contributed by atoms with Gasteiger partial charge in [0.2, 0.25) is 10.0 Å². The van der Waals surface area contributed by atoms with Crippen LogP contribution in [0.1, 0.15) is 5.56 Å². The third-order valence-corrected chi connectivity index (χ3v) is 6.45. The molecule has 0 radical (unpaired) electrons. The van der Waals surface area contributed by atoms with E-state index in [2.05, 4.69) is 108 Å². The van der Waals surface area contributed by atoms with Gasteiger partial charge in [-0.2, -0.15) is 4.31 Å². The predicted molar refractivity (Wildman–Crippen MR) is 176 cm³/mol. The van der Waals surface area contributed by atoms with Crippen molar-refractivity contribution in [2.45, 2.75) is 11.8 Å². The largest absolute Gasteiger partial charge is 0.365 e. The summed E-state index contributed by atoms with van der Waals surface area (Å²) in [5.41, 5.74) is 0.940. The lowest BCUT2D eigenvalue weighted by Crippen LogP contribution is -2.32. The number of nitrogens with zero attached hydrogens (tertiary/aromatic N) is 1. The van der Waals surface area contributed by atoms with Crippen molar-refractivity contribution >= 4 is 10.0 Å². The van der Waals surface area contributed by atoms with Crippen molar-refractivity contribution in [3.8, 4) is 94.7 Å². The molecule has 0 aliphatic rings. The van der Waals surface area contributed by atoms with Crippen molar-refractivity contribution in [3.05, 3.63) is 55.1 Å². The molecule has 1 aromatic carbocycles. The van der Waals surface area contributed by atoms with Gasteiger partial charge in [0.05, 0.1) is 31.2 Å². The summed E-state index contributed by atoms with van der Waals surface area (Å²) in [6.07, 6.45) is 3.29. The van der Waals surface area contributed by atoms with Crippen LogP contribution >= 0.6 is 0 Å². The van der Waals surface area contributed by atoms with Crippen molar-refractivity contribution in [3.63, 3.8) is 0 Å². The topological polar surface area (TPSA) is 74.3 Å². The summed E-state index contributed by atoms with van der Waals surface area (Å²) in [5.74, 6) is 43.1. The second-order valence-corrected chi connectivity index (χ2v) is 10.0. The lowest BCUT2D eigenvalue weighted by molar-refractivity contribution is 0.199. The highest BCUT2D eigenvalue weighted by Crippen LogP contribution is 2.15.